The molecule has 1 rings (SSSR count). The Kier molecular flexibility index (Phi) is 5.13. The van der Waals surface area contributed by atoms with Crippen molar-refractivity contribution in [3.8, 4) is 6.07 Å². The Hall–Kier alpha value is -1.38. The maximum Gasteiger partial charge on any atom is 0.241 e. The summed E-state index contributed by atoms with van der Waals surface area (Å²) in [6, 6.07) is 6.57. The van der Waals surface area contributed by atoms with Crippen LogP contribution in [0.5, 0.6) is 0 Å². The van der Waals surface area contributed by atoms with E-state index in [-0.39, 0.29) is 5.91 Å². The molecule has 0 radical (unpaired) electrons. The van der Waals surface area contributed by atoms with Crippen molar-refractivity contribution in [3.63, 3.8) is 0 Å². The third-order valence-corrected chi connectivity index (χ3v) is 2.79. The standard InChI is InChI=1S/C12H14BrN3O/c1-2-3-10(15)12(17)16-11-6-9(13)5-4-8(11)7-14/h4-6,10H,2-3,15H2,1H3,(H,16,17)/t10-/m1/s1. The number of nitrogens with zero attached hydrogens (tertiary/aromatic N) is 1. The van der Waals surface area contributed by atoms with Crippen LogP contribution in [0.2, 0.25) is 0 Å². The van der Waals surface area contributed by atoms with Crippen molar-refractivity contribution < 1.29 is 4.79 Å². The number of anilines is 1. The summed E-state index contributed by atoms with van der Waals surface area (Å²) in [6.07, 6.45) is 1.47. The second-order valence-electron chi connectivity index (χ2n) is 3.69. The van der Waals surface area contributed by atoms with Gasteiger partial charge in [0.15, 0.2) is 0 Å². The molecule has 0 spiro atoms. The summed E-state index contributed by atoms with van der Waals surface area (Å²) in [5.74, 6) is -0.263. The van der Waals surface area contributed by atoms with E-state index in [0.717, 1.165) is 10.9 Å². The van der Waals surface area contributed by atoms with Crippen LogP contribution in [0.1, 0.15) is 25.3 Å². The van der Waals surface area contributed by atoms with Gasteiger partial charge in [-0.25, -0.2) is 0 Å². The average Bonchev–Trinajstić information content (AvgIpc) is 2.29. The van der Waals surface area contributed by atoms with Crippen molar-refractivity contribution in [2.75, 3.05) is 5.32 Å². The number of hydrogen-bond donors (Lipinski definition) is 2. The van der Waals surface area contributed by atoms with Gasteiger partial charge in [-0.05, 0) is 24.6 Å². The van der Waals surface area contributed by atoms with E-state index in [4.69, 9.17) is 11.0 Å². The highest BCUT2D eigenvalue weighted by atomic mass is 79.9. The molecule has 1 amide bonds. The van der Waals surface area contributed by atoms with E-state index in [1.54, 1.807) is 18.2 Å². The third-order valence-electron chi connectivity index (χ3n) is 2.30. The number of amides is 1. The average molecular weight is 296 g/mol. The van der Waals surface area contributed by atoms with Crippen LogP contribution in [0.25, 0.3) is 0 Å². The molecule has 4 nitrogen and oxygen atoms in total. The van der Waals surface area contributed by atoms with Crippen LogP contribution in [0.3, 0.4) is 0 Å². The molecular formula is C12H14BrN3O. The molecule has 0 aliphatic heterocycles. The fourth-order valence-corrected chi connectivity index (χ4v) is 1.75. The first kappa shape index (κ1) is 13.7. The summed E-state index contributed by atoms with van der Waals surface area (Å²) >= 11 is 3.29. The van der Waals surface area contributed by atoms with Crippen molar-refractivity contribution in [1.82, 2.24) is 0 Å². The molecule has 0 saturated heterocycles. The molecule has 17 heavy (non-hydrogen) atoms. The molecule has 0 fully saturated rings. The molecule has 1 atom stereocenters. The Balaban J connectivity index is 2.84. The van der Waals surface area contributed by atoms with Crippen molar-refractivity contribution >= 4 is 27.5 Å². The summed E-state index contributed by atoms with van der Waals surface area (Å²) in [7, 11) is 0. The fourth-order valence-electron chi connectivity index (χ4n) is 1.38. The molecule has 0 unspecified atom stereocenters. The molecule has 0 heterocycles. The number of rotatable bonds is 4. The van der Waals surface area contributed by atoms with Gasteiger partial charge in [0.1, 0.15) is 6.07 Å². The molecule has 1 aromatic carbocycles. The molecule has 3 N–H and O–H groups in total. The van der Waals surface area contributed by atoms with Gasteiger partial charge in [-0.1, -0.05) is 29.3 Å². The molecule has 0 saturated carbocycles. The smallest absolute Gasteiger partial charge is 0.241 e. The van der Waals surface area contributed by atoms with Crippen molar-refractivity contribution in [2.45, 2.75) is 25.8 Å². The van der Waals surface area contributed by atoms with Gasteiger partial charge in [0.2, 0.25) is 5.91 Å². The Labute approximate surface area is 109 Å². The normalized spacial score (nSPS) is 11.6. The molecule has 0 aliphatic rings. The largest absolute Gasteiger partial charge is 0.324 e. The Bertz CT molecular complexity index is 454. The minimum Gasteiger partial charge on any atom is -0.324 e. The van der Waals surface area contributed by atoms with Crippen LogP contribution in [0.15, 0.2) is 22.7 Å². The Morgan fingerprint density at radius 3 is 2.94 bits per heavy atom. The lowest BCUT2D eigenvalue weighted by Gasteiger charge is -2.12. The van der Waals surface area contributed by atoms with Crippen molar-refractivity contribution in [1.29, 1.82) is 5.26 Å². The van der Waals surface area contributed by atoms with Gasteiger partial charge in [0, 0.05) is 4.47 Å². The highest BCUT2D eigenvalue weighted by Gasteiger charge is 2.14. The number of carbonyl (C=O) groups excluding carboxylic acids is 1. The lowest BCUT2D eigenvalue weighted by Crippen LogP contribution is -2.35. The number of nitrogens with one attached hydrogen (secondary N) is 1. The van der Waals surface area contributed by atoms with E-state index >= 15 is 0 Å². The molecule has 90 valence electrons. The van der Waals surface area contributed by atoms with Crippen LogP contribution in [-0.4, -0.2) is 11.9 Å². The minimum atomic E-state index is -0.537. The molecule has 0 bridgehead atoms. The number of benzene rings is 1. The summed E-state index contributed by atoms with van der Waals surface area (Å²) in [4.78, 5) is 11.7. The van der Waals surface area contributed by atoms with E-state index in [2.05, 4.69) is 21.2 Å². The zero-order valence-electron chi connectivity index (χ0n) is 9.53. The second-order valence-corrected chi connectivity index (χ2v) is 4.60. The van der Waals surface area contributed by atoms with Gasteiger partial charge < -0.3 is 11.1 Å². The summed E-state index contributed by atoms with van der Waals surface area (Å²) < 4.78 is 0.802. The van der Waals surface area contributed by atoms with Gasteiger partial charge in [-0.3, -0.25) is 4.79 Å². The summed E-state index contributed by atoms with van der Waals surface area (Å²) in [5, 5.41) is 11.6. The SMILES string of the molecule is CCC[C@@H](N)C(=O)Nc1cc(Br)ccc1C#N. The van der Waals surface area contributed by atoms with E-state index in [1.165, 1.54) is 0 Å². The predicted octanol–water partition coefficient (Wildman–Crippen LogP) is 2.39. The van der Waals surface area contributed by atoms with Crippen LogP contribution in [0, 0.1) is 11.3 Å². The van der Waals surface area contributed by atoms with Gasteiger partial charge in [-0.2, -0.15) is 5.26 Å². The second kappa shape index (κ2) is 6.38. The van der Waals surface area contributed by atoms with E-state index in [0.29, 0.717) is 17.7 Å². The maximum absolute atomic E-state index is 11.7. The summed E-state index contributed by atoms with van der Waals surface area (Å²) in [6.45, 7) is 1.97. The van der Waals surface area contributed by atoms with Crippen molar-refractivity contribution in [3.05, 3.63) is 28.2 Å². The van der Waals surface area contributed by atoms with E-state index in [9.17, 15) is 4.79 Å². The topological polar surface area (TPSA) is 78.9 Å². The monoisotopic (exact) mass is 295 g/mol. The highest BCUT2D eigenvalue weighted by molar-refractivity contribution is 9.10. The first-order valence-corrected chi connectivity index (χ1v) is 6.14. The number of halogens is 1. The van der Waals surface area contributed by atoms with E-state index < -0.39 is 6.04 Å². The Morgan fingerprint density at radius 1 is 1.65 bits per heavy atom. The predicted molar refractivity (Wildman–Crippen MR) is 70.4 cm³/mol. The molecule has 1 aromatic rings. The number of carbonyl (C=O) groups is 1. The molecule has 0 aromatic heterocycles. The number of hydrogen-bond acceptors (Lipinski definition) is 3. The van der Waals surface area contributed by atoms with Gasteiger partial charge in [-0.15, -0.1) is 0 Å². The Morgan fingerprint density at radius 2 is 2.35 bits per heavy atom. The van der Waals surface area contributed by atoms with Gasteiger partial charge in [0.05, 0.1) is 17.3 Å². The van der Waals surface area contributed by atoms with Crippen molar-refractivity contribution in [2.24, 2.45) is 5.73 Å². The van der Waals surface area contributed by atoms with Crippen LogP contribution in [-0.2, 0) is 4.79 Å². The van der Waals surface area contributed by atoms with Gasteiger partial charge >= 0.3 is 0 Å². The first-order valence-electron chi connectivity index (χ1n) is 5.34. The minimum absolute atomic E-state index is 0.263. The number of nitrogens with two attached hydrogens (primary N) is 1. The van der Waals surface area contributed by atoms with Crippen LogP contribution >= 0.6 is 15.9 Å². The molecule has 5 heteroatoms. The van der Waals surface area contributed by atoms with Crippen LogP contribution < -0.4 is 11.1 Å². The summed E-state index contributed by atoms with van der Waals surface area (Å²) in [5.41, 5.74) is 6.60. The fraction of sp³-hybridized carbons (Fsp3) is 0.333. The number of nitriles is 1. The van der Waals surface area contributed by atoms with E-state index in [1.807, 2.05) is 13.0 Å². The highest BCUT2D eigenvalue weighted by Crippen LogP contribution is 2.21. The lowest BCUT2D eigenvalue weighted by molar-refractivity contribution is -0.117. The lowest BCUT2D eigenvalue weighted by atomic mass is 10.1. The van der Waals surface area contributed by atoms with Gasteiger partial charge in [0.25, 0.3) is 0 Å². The third kappa shape index (κ3) is 3.84. The maximum atomic E-state index is 11.7. The zero-order chi connectivity index (χ0) is 12.8. The first-order chi connectivity index (χ1) is 8.08. The zero-order valence-corrected chi connectivity index (χ0v) is 11.1. The molecular weight excluding hydrogens is 282 g/mol. The molecule has 0 aliphatic carbocycles. The quantitative estimate of drug-likeness (QED) is 0.895. The van der Waals surface area contributed by atoms with Crippen LogP contribution in [0.4, 0.5) is 5.69 Å².